The Morgan fingerprint density at radius 3 is 2.88 bits per heavy atom. The van der Waals surface area contributed by atoms with Crippen LogP contribution in [0.5, 0.6) is 0 Å². The average molecular weight is 223 g/mol. The number of nitrogens with zero attached hydrogens (tertiary/aromatic N) is 3. The van der Waals surface area contributed by atoms with Crippen molar-refractivity contribution >= 4 is 11.6 Å². The fourth-order valence-electron chi connectivity index (χ4n) is 2.44. The molecule has 2 rings (SSSR count). The normalized spacial score (nSPS) is 21.0. The van der Waals surface area contributed by atoms with E-state index in [-0.39, 0.29) is 0 Å². The Bertz CT molecular complexity index is 357. The molecule has 1 aromatic heterocycles. The Balaban J connectivity index is 2.16. The summed E-state index contributed by atoms with van der Waals surface area (Å²) in [6.07, 6.45) is 2.45. The van der Waals surface area contributed by atoms with Crippen LogP contribution < -0.4 is 10.6 Å². The lowest BCUT2D eigenvalue weighted by molar-refractivity contribution is 0.371. The molecule has 16 heavy (non-hydrogen) atoms. The van der Waals surface area contributed by atoms with Gasteiger partial charge in [-0.15, -0.1) is 0 Å². The fraction of sp³-hybridized carbons (Fsp3) is 0.727. The van der Waals surface area contributed by atoms with Gasteiger partial charge in [-0.05, 0) is 33.9 Å². The van der Waals surface area contributed by atoms with Crippen LogP contribution in [0, 0.1) is 6.92 Å². The maximum Gasteiger partial charge on any atom is 0.171 e. The number of aryl methyl sites for hydroxylation is 1. The number of hydrogen-bond acceptors (Lipinski definition) is 4. The molecule has 1 fully saturated rings. The summed E-state index contributed by atoms with van der Waals surface area (Å²) >= 11 is 0. The summed E-state index contributed by atoms with van der Waals surface area (Å²) in [7, 11) is 4.21. The molecule has 1 atom stereocenters. The molecule has 1 saturated heterocycles. The van der Waals surface area contributed by atoms with E-state index in [4.69, 9.17) is 5.73 Å². The first kappa shape index (κ1) is 11.3. The Morgan fingerprint density at radius 1 is 1.56 bits per heavy atom. The molecule has 5 heteroatoms. The van der Waals surface area contributed by atoms with Crippen LogP contribution in [0.4, 0.5) is 11.6 Å². The summed E-state index contributed by atoms with van der Waals surface area (Å²) < 4.78 is 0. The van der Waals surface area contributed by atoms with Gasteiger partial charge in [0, 0.05) is 19.1 Å². The third kappa shape index (κ3) is 2.14. The zero-order valence-electron chi connectivity index (χ0n) is 10.3. The highest BCUT2D eigenvalue weighted by molar-refractivity contribution is 5.60. The lowest BCUT2D eigenvalue weighted by atomic mass is 10.2. The minimum atomic E-state index is 0.542. The van der Waals surface area contributed by atoms with Crippen molar-refractivity contribution in [2.75, 3.05) is 37.8 Å². The molecule has 0 radical (unpaired) electrons. The molecule has 1 aliphatic rings. The standard InChI is InChI=1S/C11H21N5/c1-8-13-10(12)11(14-8)16-6-4-5-9(16)7-15(2)3/h9H,4-7,12H2,1-3H3,(H,13,14). The number of aromatic amines is 1. The summed E-state index contributed by atoms with van der Waals surface area (Å²) in [5.41, 5.74) is 5.94. The van der Waals surface area contributed by atoms with Gasteiger partial charge in [-0.25, -0.2) is 4.98 Å². The predicted molar refractivity (Wildman–Crippen MR) is 66.7 cm³/mol. The lowest BCUT2D eigenvalue weighted by Crippen LogP contribution is -2.38. The van der Waals surface area contributed by atoms with E-state index in [0.29, 0.717) is 11.9 Å². The van der Waals surface area contributed by atoms with Crippen LogP contribution in [0.2, 0.25) is 0 Å². The topological polar surface area (TPSA) is 61.2 Å². The Morgan fingerprint density at radius 2 is 2.31 bits per heavy atom. The summed E-state index contributed by atoms with van der Waals surface area (Å²) in [6, 6.07) is 0.542. The second-order valence-corrected chi connectivity index (χ2v) is 4.81. The van der Waals surface area contributed by atoms with E-state index in [0.717, 1.165) is 24.7 Å². The highest BCUT2D eigenvalue weighted by Crippen LogP contribution is 2.28. The van der Waals surface area contributed by atoms with Gasteiger partial charge in [0.2, 0.25) is 0 Å². The minimum Gasteiger partial charge on any atom is -0.382 e. The molecule has 0 spiro atoms. The first-order chi connectivity index (χ1) is 7.58. The number of hydrogen-bond donors (Lipinski definition) is 2. The van der Waals surface area contributed by atoms with Crippen LogP contribution in [-0.2, 0) is 0 Å². The molecule has 0 aromatic carbocycles. The van der Waals surface area contributed by atoms with Crippen LogP contribution in [0.15, 0.2) is 0 Å². The number of rotatable bonds is 3. The molecule has 1 aromatic rings. The van der Waals surface area contributed by atoms with Gasteiger partial charge < -0.3 is 20.5 Å². The van der Waals surface area contributed by atoms with E-state index in [2.05, 4.69) is 33.9 Å². The van der Waals surface area contributed by atoms with Crippen molar-refractivity contribution in [3.8, 4) is 0 Å². The molecule has 2 heterocycles. The SMILES string of the molecule is Cc1nc(N2CCCC2CN(C)C)c(N)[nH]1. The van der Waals surface area contributed by atoms with Gasteiger partial charge in [-0.3, -0.25) is 0 Å². The quantitative estimate of drug-likeness (QED) is 0.797. The number of anilines is 2. The van der Waals surface area contributed by atoms with Crippen molar-refractivity contribution in [2.45, 2.75) is 25.8 Å². The van der Waals surface area contributed by atoms with Crippen molar-refractivity contribution in [3.63, 3.8) is 0 Å². The smallest absolute Gasteiger partial charge is 0.171 e. The summed E-state index contributed by atoms with van der Waals surface area (Å²) in [4.78, 5) is 12.1. The van der Waals surface area contributed by atoms with Gasteiger partial charge in [0.1, 0.15) is 11.6 Å². The summed E-state index contributed by atoms with van der Waals surface area (Å²) in [6.45, 7) is 4.06. The first-order valence-corrected chi connectivity index (χ1v) is 5.81. The van der Waals surface area contributed by atoms with Crippen molar-refractivity contribution in [1.82, 2.24) is 14.9 Å². The lowest BCUT2D eigenvalue weighted by Gasteiger charge is -2.27. The molecule has 0 bridgehead atoms. The second kappa shape index (κ2) is 4.33. The Labute approximate surface area is 96.6 Å². The molecular formula is C11H21N5. The van der Waals surface area contributed by atoms with Gasteiger partial charge in [-0.1, -0.05) is 0 Å². The van der Waals surface area contributed by atoms with Crippen molar-refractivity contribution in [3.05, 3.63) is 5.82 Å². The fourth-order valence-corrected chi connectivity index (χ4v) is 2.44. The maximum absolute atomic E-state index is 5.94. The van der Waals surface area contributed by atoms with Gasteiger partial charge >= 0.3 is 0 Å². The van der Waals surface area contributed by atoms with Crippen molar-refractivity contribution in [2.24, 2.45) is 0 Å². The van der Waals surface area contributed by atoms with E-state index in [1.54, 1.807) is 0 Å². The number of nitrogens with two attached hydrogens (primary N) is 1. The molecule has 0 amide bonds. The molecule has 1 unspecified atom stereocenters. The maximum atomic E-state index is 5.94. The number of likely N-dealkylation sites (N-methyl/N-ethyl adjacent to an activating group) is 1. The zero-order valence-corrected chi connectivity index (χ0v) is 10.3. The van der Waals surface area contributed by atoms with Crippen LogP contribution in [0.25, 0.3) is 0 Å². The number of H-pyrrole nitrogens is 1. The number of nitrogen functional groups attached to an aromatic ring is 1. The predicted octanol–water partition coefficient (Wildman–Crippen LogP) is 0.831. The monoisotopic (exact) mass is 223 g/mol. The van der Waals surface area contributed by atoms with E-state index in [1.807, 2.05) is 6.92 Å². The van der Waals surface area contributed by atoms with Gasteiger partial charge in [-0.2, -0.15) is 0 Å². The largest absolute Gasteiger partial charge is 0.382 e. The highest BCUT2D eigenvalue weighted by Gasteiger charge is 2.28. The minimum absolute atomic E-state index is 0.542. The van der Waals surface area contributed by atoms with Gasteiger partial charge in [0.15, 0.2) is 5.82 Å². The number of imidazole rings is 1. The number of aromatic nitrogens is 2. The van der Waals surface area contributed by atoms with Gasteiger partial charge in [0.25, 0.3) is 0 Å². The summed E-state index contributed by atoms with van der Waals surface area (Å²) in [5, 5.41) is 0. The molecular weight excluding hydrogens is 202 g/mol. The van der Waals surface area contributed by atoms with Crippen LogP contribution in [-0.4, -0.2) is 48.1 Å². The molecule has 0 saturated carbocycles. The summed E-state index contributed by atoms with van der Waals surface area (Å²) in [5.74, 6) is 2.52. The van der Waals surface area contributed by atoms with E-state index in [1.165, 1.54) is 12.8 Å². The molecule has 0 aliphatic carbocycles. The van der Waals surface area contributed by atoms with E-state index >= 15 is 0 Å². The zero-order chi connectivity index (χ0) is 11.7. The van der Waals surface area contributed by atoms with Crippen LogP contribution in [0.3, 0.4) is 0 Å². The Hall–Kier alpha value is -1.23. The third-order valence-corrected chi connectivity index (χ3v) is 3.06. The molecule has 1 aliphatic heterocycles. The Kier molecular flexibility index (Phi) is 3.05. The number of nitrogens with one attached hydrogen (secondary N) is 1. The average Bonchev–Trinajstić information content (AvgIpc) is 2.72. The van der Waals surface area contributed by atoms with Crippen molar-refractivity contribution < 1.29 is 0 Å². The van der Waals surface area contributed by atoms with E-state index in [9.17, 15) is 0 Å². The van der Waals surface area contributed by atoms with Crippen LogP contribution >= 0.6 is 0 Å². The van der Waals surface area contributed by atoms with Crippen molar-refractivity contribution in [1.29, 1.82) is 0 Å². The van der Waals surface area contributed by atoms with Crippen LogP contribution in [0.1, 0.15) is 18.7 Å². The molecule has 90 valence electrons. The first-order valence-electron chi connectivity index (χ1n) is 5.81. The van der Waals surface area contributed by atoms with Gasteiger partial charge in [0.05, 0.1) is 0 Å². The van der Waals surface area contributed by atoms with E-state index < -0.39 is 0 Å². The second-order valence-electron chi connectivity index (χ2n) is 4.81. The molecule has 3 N–H and O–H groups in total. The molecule has 5 nitrogen and oxygen atoms in total. The highest BCUT2D eigenvalue weighted by atomic mass is 15.3. The third-order valence-electron chi connectivity index (χ3n) is 3.06.